The normalized spacial score (nSPS) is 18.1. The van der Waals surface area contributed by atoms with Gasteiger partial charge in [-0.1, -0.05) is 56.9 Å². The summed E-state index contributed by atoms with van der Waals surface area (Å²) in [6.07, 6.45) is 4.36. The van der Waals surface area contributed by atoms with Crippen molar-refractivity contribution < 1.29 is 28.2 Å². The zero-order valence-electron chi connectivity index (χ0n) is 24.8. The lowest BCUT2D eigenvalue weighted by molar-refractivity contribution is -0.138. The molecule has 2 heterocycles. The molecule has 2 N–H and O–H groups in total. The van der Waals surface area contributed by atoms with Crippen LogP contribution in [0.4, 0.5) is 10.1 Å². The molecule has 226 valence electrons. The Labute approximate surface area is 251 Å². The number of fused-ring (bicyclic) bond motifs is 2. The molecular weight excluding hydrogens is 549 g/mol. The second-order valence-corrected chi connectivity index (χ2v) is 11.1. The van der Waals surface area contributed by atoms with Crippen LogP contribution in [-0.4, -0.2) is 54.3 Å². The highest BCUT2D eigenvalue weighted by atomic mass is 19.1. The Kier molecular flexibility index (Phi) is 9.40. The van der Waals surface area contributed by atoms with Gasteiger partial charge in [0.2, 0.25) is 11.8 Å². The minimum Gasteiger partial charge on any atom is -0.497 e. The first kappa shape index (κ1) is 30.2. The number of halogens is 1. The predicted octanol–water partition coefficient (Wildman–Crippen LogP) is 6.56. The van der Waals surface area contributed by atoms with E-state index in [9.17, 15) is 9.59 Å². The van der Waals surface area contributed by atoms with Crippen molar-refractivity contribution in [1.82, 2.24) is 4.90 Å². The first-order valence-corrected chi connectivity index (χ1v) is 14.9. The summed E-state index contributed by atoms with van der Waals surface area (Å²) < 4.78 is 32.8. The number of rotatable bonds is 10. The summed E-state index contributed by atoms with van der Waals surface area (Å²) in [7, 11) is 1.61. The SMILES string of the molecule is CCCCCC[C@H](N)C(=O)N1C[C@H](OC2=Nc3cc(-c4ccc(OC)cc4)ccc3Oc3c(F)cccc32)C[C@H]1C(C)=O. The fraction of sp³-hybridized carbons (Fsp3) is 0.382. The van der Waals surface area contributed by atoms with Crippen molar-refractivity contribution in [3.8, 4) is 28.4 Å². The highest BCUT2D eigenvalue weighted by Gasteiger charge is 2.41. The number of ether oxygens (including phenoxy) is 3. The van der Waals surface area contributed by atoms with Crippen LogP contribution in [-0.2, 0) is 14.3 Å². The molecule has 0 spiro atoms. The molecule has 8 nitrogen and oxygen atoms in total. The number of likely N-dealkylation sites (tertiary alicyclic amines) is 1. The third-order valence-corrected chi connectivity index (χ3v) is 7.99. The average Bonchev–Trinajstić information content (AvgIpc) is 3.37. The van der Waals surface area contributed by atoms with E-state index in [4.69, 9.17) is 24.9 Å². The van der Waals surface area contributed by atoms with Crippen molar-refractivity contribution in [2.45, 2.75) is 70.6 Å². The number of carbonyl (C=O) groups is 2. The summed E-state index contributed by atoms with van der Waals surface area (Å²) in [5, 5.41) is 0. The summed E-state index contributed by atoms with van der Waals surface area (Å²) in [6.45, 7) is 3.77. The molecule has 5 rings (SSSR count). The number of carbonyl (C=O) groups excluding carboxylic acids is 2. The van der Waals surface area contributed by atoms with Crippen LogP contribution >= 0.6 is 0 Å². The average molecular weight is 588 g/mol. The van der Waals surface area contributed by atoms with Gasteiger partial charge in [-0.3, -0.25) is 9.59 Å². The molecule has 9 heteroatoms. The Bertz CT molecular complexity index is 1510. The fourth-order valence-corrected chi connectivity index (χ4v) is 5.60. The molecule has 0 bridgehead atoms. The van der Waals surface area contributed by atoms with E-state index >= 15 is 4.39 Å². The Morgan fingerprint density at radius 1 is 1.09 bits per heavy atom. The number of Topliss-reactive ketones (excluding diaryl/α,β-unsaturated/α-hetero) is 1. The molecule has 2 aliphatic heterocycles. The lowest BCUT2D eigenvalue weighted by Gasteiger charge is -2.25. The molecule has 43 heavy (non-hydrogen) atoms. The number of nitrogens with zero attached hydrogens (tertiary/aromatic N) is 2. The van der Waals surface area contributed by atoms with Gasteiger partial charge in [-0.25, -0.2) is 9.38 Å². The number of unbranched alkanes of at least 4 members (excludes halogenated alkanes) is 3. The minimum absolute atomic E-state index is 0.000321. The quantitative estimate of drug-likeness (QED) is 0.270. The fourth-order valence-electron chi connectivity index (χ4n) is 5.60. The van der Waals surface area contributed by atoms with Gasteiger partial charge in [0, 0.05) is 6.42 Å². The van der Waals surface area contributed by atoms with Gasteiger partial charge in [0.25, 0.3) is 0 Å². The minimum atomic E-state index is -0.681. The zero-order chi connectivity index (χ0) is 30.5. The molecule has 2 aliphatic rings. The molecule has 3 aromatic rings. The van der Waals surface area contributed by atoms with Crippen LogP contribution < -0.4 is 15.2 Å². The monoisotopic (exact) mass is 587 g/mol. The van der Waals surface area contributed by atoms with Crippen LogP contribution in [0.2, 0.25) is 0 Å². The first-order valence-electron chi connectivity index (χ1n) is 14.9. The van der Waals surface area contributed by atoms with Crippen molar-refractivity contribution in [3.63, 3.8) is 0 Å². The largest absolute Gasteiger partial charge is 0.497 e. The van der Waals surface area contributed by atoms with Crippen molar-refractivity contribution in [3.05, 3.63) is 72.0 Å². The predicted molar refractivity (Wildman–Crippen MR) is 164 cm³/mol. The van der Waals surface area contributed by atoms with Gasteiger partial charge >= 0.3 is 0 Å². The Hall–Kier alpha value is -4.24. The Balaban J connectivity index is 1.43. The number of ketones is 1. The highest BCUT2D eigenvalue weighted by Crippen LogP contribution is 2.42. The number of benzene rings is 3. The van der Waals surface area contributed by atoms with Gasteiger partial charge in [-0.2, -0.15) is 0 Å². The lowest BCUT2D eigenvalue weighted by atomic mass is 10.0. The molecule has 0 saturated carbocycles. The molecule has 0 radical (unpaired) electrons. The van der Waals surface area contributed by atoms with E-state index in [2.05, 4.69) is 6.92 Å². The molecule has 0 aromatic heterocycles. The summed E-state index contributed by atoms with van der Waals surface area (Å²) in [5.74, 6) is 0.332. The summed E-state index contributed by atoms with van der Waals surface area (Å²) in [6, 6.07) is 16.3. The van der Waals surface area contributed by atoms with Crippen LogP contribution in [0.3, 0.4) is 0 Å². The topological polar surface area (TPSA) is 103 Å². The molecule has 3 aromatic carbocycles. The number of hydrogen-bond acceptors (Lipinski definition) is 7. The smallest absolute Gasteiger partial charge is 0.240 e. The highest BCUT2D eigenvalue weighted by molar-refractivity contribution is 6.00. The standard InChI is InChI=1S/C34H38FN3O5/c1-4-5-6-7-11-28(36)34(40)38-20-25(19-30(38)21(2)39)42-33-26-9-8-10-27(35)32(26)43-31-17-14-23(18-29(31)37-33)22-12-15-24(41-3)16-13-22/h8-10,12-18,25,28,30H,4-7,11,19-20,36H2,1-3H3/t25-,28+,30+/m1/s1. The third-order valence-electron chi connectivity index (χ3n) is 7.99. The maximum Gasteiger partial charge on any atom is 0.240 e. The van der Waals surface area contributed by atoms with E-state index in [0.29, 0.717) is 23.4 Å². The van der Waals surface area contributed by atoms with E-state index in [-0.39, 0.29) is 36.3 Å². The number of hydrogen-bond donors (Lipinski definition) is 1. The van der Waals surface area contributed by atoms with Crippen molar-refractivity contribution in [2.24, 2.45) is 10.7 Å². The Morgan fingerprint density at radius 2 is 1.86 bits per heavy atom. The molecule has 0 unspecified atom stereocenters. The zero-order valence-corrected chi connectivity index (χ0v) is 24.8. The maximum atomic E-state index is 15.1. The lowest BCUT2D eigenvalue weighted by Crippen LogP contribution is -2.48. The summed E-state index contributed by atoms with van der Waals surface area (Å²) >= 11 is 0. The van der Waals surface area contributed by atoms with Gasteiger partial charge in [0.05, 0.1) is 31.3 Å². The van der Waals surface area contributed by atoms with Gasteiger partial charge in [0.1, 0.15) is 17.5 Å². The van der Waals surface area contributed by atoms with Crippen molar-refractivity contribution in [1.29, 1.82) is 0 Å². The second kappa shape index (κ2) is 13.4. The van der Waals surface area contributed by atoms with Crippen LogP contribution in [0.1, 0.15) is 57.9 Å². The van der Waals surface area contributed by atoms with Gasteiger partial charge in [-0.05, 0) is 60.9 Å². The number of nitrogens with two attached hydrogens (primary N) is 1. The van der Waals surface area contributed by atoms with Crippen LogP contribution in [0.15, 0.2) is 65.7 Å². The van der Waals surface area contributed by atoms with E-state index in [1.807, 2.05) is 36.4 Å². The number of amides is 1. The van der Waals surface area contributed by atoms with E-state index in [0.717, 1.165) is 42.6 Å². The molecule has 1 fully saturated rings. The van der Waals surface area contributed by atoms with Crippen LogP contribution in [0.25, 0.3) is 11.1 Å². The third kappa shape index (κ3) is 6.72. The van der Waals surface area contributed by atoms with E-state index in [1.165, 1.54) is 17.9 Å². The first-order chi connectivity index (χ1) is 20.8. The van der Waals surface area contributed by atoms with Gasteiger partial charge < -0.3 is 24.8 Å². The number of aliphatic imine (C=N–C) groups is 1. The molecule has 1 saturated heterocycles. The van der Waals surface area contributed by atoms with E-state index < -0.39 is 24.0 Å². The summed E-state index contributed by atoms with van der Waals surface area (Å²) in [5.41, 5.74) is 8.89. The Morgan fingerprint density at radius 3 is 2.58 bits per heavy atom. The maximum absolute atomic E-state index is 15.1. The molecule has 3 atom stereocenters. The second-order valence-electron chi connectivity index (χ2n) is 11.1. The number of methoxy groups -OCH3 is 1. The number of para-hydroxylation sites is 1. The van der Waals surface area contributed by atoms with E-state index in [1.54, 1.807) is 25.3 Å². The van der Waals surface area contributed by atoms with Crippen molar-refractivity contribution >= 4 is 23.3 Å². The van der Waals surface area contributed by atoms with Gasteiger partial charge in [0.15, 0.2) is 23.1 Å². The van der Waals surface area contributed by atoms with Crippen LogP contribution in [0.5, 0.6) is 17.2 Å². The molecular formula is C34H38FN3O5. The van der Waals surface area contributed by atoms with Crippen molar-refractivity contribution in [2.75, 3.05) is 13.7 Å². The molecule has 0 aliphatic carbocycles. The summed E-state index contributed by atoms with van der Waals surface area (Å²) in [4.78, 5) is 32.3. The van der Waals surface area contributed by atoms with Gasteiger partial charge in [-0.15, -0.1) is 0 Å². The molecule has 1 amide bonds. The van der Waals surface area contributed by atoms with Crippen LogP contribution in [0, 0.1) is 5.82 Å².